The van der Waals surface area contributed by atoms with Gasteiger partial charge in [0, 0.05) is 17.6 Å². The number of aryl methyl sites for hydroxylation is 1. The largest absolute Gasteiger partial charge is 0.465 e. The molecule has 4 rings (SSSR count). The first-order chi connectivity index (χ1) is 12.8. The molecule has 1 aromatic carbocycles. The third-order valence-corrected chi connectivity index (χ3v) is 6.90. The molecule has 6 nitrogen and oxygen atoms in total. The fourth-order valence-corrected chi connectivity index (χ4v) is 4.84. The first-order valence-electron chi connectivity index (χ1n) is 9.36. The fourth-order valence-electron chi connectivity index (χ4n) is 3.79. The lowest BCUT2D eigenvalue weighted by Gasteiger charge is -2.32. The van der Waals surface area contributed by atoms with Crippen molar-refractivity contribution in [2.75, 3.05) is 4.90 Å². The van der Waals surface area contributed by atoms with E-state index in [9.17, 15) is 13.2 Å². The zero-order valence-corrected chi connectivity index (χ0v) is 16.4. The zero-order chi connectivity index (χ0) is 19.2. The Labute approximate surface area is 159 Å². The summed E-state index contributed by atoms with van der Waals surface area (Å²) in [6.07, 6.45) is 3.71. The van der Waals surface area contributed by atoms with Gasteiger partial charge in [-0.3, -0.25) is 4.79 Å². The van der Waals surface area contributed by atoms with Gasteiger partial charge in [0.1, 0.15) is 11.5 Å². The Balaban J connectivity index is 1.54. The van der Waals surface area contributed by atoms with Crippen molar-refractivity contribution in [3.05, 3.63) is 47.4 Å². The normalized spacial score (nSPS) is 19.8. The van der Waals surface area contributed by atoms with Gasteiger partial charge in [-0.25, -0.2) is 13.1 Å². The van der Waals surface area contributed by atoms with Gasteiger partial charge in [0.15, 0.2) is 0 Å². The van der Waals surface area contributed by atoms with Gasteiger partial charge in [0.25, 0.3) is 0 Å². The van der Waals surface area contributed by atoms with E-state index >= 15 is 0 Å². The number of anilines is 1. The molecule has 144 valence electrons. The van der Waals surface area contributed by atoms with E-state index in [4.69, 9.17) is 4.42 Å². The molecule has 7 heteroatoms. The molecule has 1 N–H and O–H groups in total. The average molecular weight is 388 g/mol. The molecule has 2 heterocycles. The number of carbonyl (C=O) groups is 1. The number of hydrogen-bond donors (Lipinski definition) is 1. The summed E-state index contributed by atoms with van der Waals surface area (Å²) >= 11 is 0. The monoisotopic (exact) mass is 388 g/mol. The van der Waals surface area contributed by atoms with Crippen LogP contribution in [0.15, 0.2) is 39.6 Å². The van der Waals surface area contributed by atoms with Crippen molar-refractivity contribution in [3.63, 3.8) is 0 Å². The molecule has 2 aliphatic rings. The second kappa shape index (κ2) is 6.80. The molecule has 0 radical (unpaired) electrons. The van der Waals surface area contributed by atoms with Crippen LogP contribution in [-0.4, -0.2) is 20.4 Å². The molecular weight excluding hydrogens is 364 g/mol. The number of sulfonamides is 1. The third kappa shape index (κ3) is 3.41. The molecule has 1 amide bonds. The maximum atomic E-state index is 12.7. The van der Waals surface area contributed by atoms with E-state index in [1.807, 2.05) is 18.7 Å². The van der Waals surface area contributed by atoms with Gasteiger partial charge in [-0.2, -0.15) is 0 Å². The van der Waals surface area contributed by atoms with Crippen LogP contribution in [0.25, 0.3) is 0 Å². The Morgan fingerprint density at radius 2 is 2.04 bits per heavy atom. The summed E-state index contributed by atoms with van der Waals surface area (Å²) in [5, 5.41) is 0. The highest BCUT2D eigenvalue weighted by Crippen LogP contribution is 2.38. The molecule has 1 aliphatic heterocycles. The summed E-state index contributed by atoms with van der Waals surface area (Å²) in [6.45, 7) is 3.94. The molecule has 1 fully saturated rings. The van der Waals surface area contributed by atoms with Gasteiger partial charge in [0.05, 0.1) is 11.4 Å². The SMILES string of the molecule is Cc1ccc(CNS(=O)(=O)c2ccc3c(c2)C[C@H](C)N3C(=O)C2CCC2)o1. The second-order valence-electron chi connectivity index (χ2n) is 7.52. The van der Waals surface area contributed by atoms with Gasteiger partial charge < -0.3 is 9.32 Å². The topological polar surface area (TPSA) is 79.6 Å². The van der Waals surface area contributed by atoms with E-state index in [1.54, 1.807) is 30.3 Å². The molecule has 1 aromatic heterocycles. The van der Waals surface area contributed by atoms with E-state index in [-0.39, 0.29) is 29.3 Å². The highest BCUT2D eigenvalue weighted by molar-refractivity contribution is 7.89. The molecule has 1 aliphatic carbocycles. The predicted octanol–water partition coefficient (Wildman–Crippen LogP) is 3.14. The van der Waals surface area contributed by atoms with Gasteiger partial charge in [-0.15, -0.1) is 0 Å². The maximum absolute atomic E-state index is 12.7. The van der Waals surface area contributed by atoms with Crippen LogP contribution >= 0.6 is 0 Å². The summed E-state index contributed by atoms with van der Waals surface area (Å²) in [5.41, 5.74) is 1.76. The summed E-state index contributed by atoms with van der Waals surface area (Å²) in [6, 6.07) is 8.65. The van der Waals surface area contributed by atoms with Crippen LogP contribution in [0.4, 0.5) is 5.69 Å². The molecule has 27 heavy (non-hydrogen) atoms. The predicted molar refractivity (Wildman–Crippen MR) is 102 cm³/mol. The van der Waals surface area contributed by atoms with Crippen molar-refractivity contribution in [2.24, 2.45) is 5.92 Å². The van der Waals surface area contributed by atoms with Crippen molar-refractivity contribution >= 4 is 21.6 Å². The lowest BCUT2D eigenvalue weighted by Crippen LogP contribution is -2.42. The number of rotatable bonds is 5. The molecular formula is C20H24N2O4S. The van der Waals surface area contributed by atoms with E-state index in [1.165, 1.54) is 0 Å². The van der Waals surface area contributed by atoms with E-state index in [0.717, 1.165) is 36.3 Å². The van der Waals surface area contributed by atoms with E-state index < -0.39 is 10.0 Å². The van der Waals surface area contributed by atoms with Crippen LogP contribution < -0.4 is 9.62 Å². The first-order valence-corrected chi connectivity index (χ1v) is 10.8. The van der Waals surface area contributed by atoms with E-state index in [2.05, 4.69) is 4.72 Å². The lowest BCUT2D eigenvalue weighted by atomic mass is 9.84. The van der Waals surface area contributed by atoms with Crippen LogP contribution in [0.3, 0.4) is 0 Å². The van der Waals surface area contributed by atoms with Gasteiger partial charge >= 0.3 is 0 Å². The minimum absolute atomic E-state index is 0.0603. The summed E-state index contributed by atoms with van der Waals surface area (Å²) < 4.78 is 33.3. The molecule has 0 bridgehead atoms. The van der Waals surface area contributed by atoms with E-state index in [0.29, 0.717) is 12.2 Å². The molecule has 0 saturated heterocycles. The summed E-state index contributed by atoms with van der Waals surface area (Å²) in [5.74, 6) is 1.62. The number of carbonyl (C=O) groups excluding carboxylic acids is 1. The molecule has 1 saturated carbocycles. The van der Waals surface area contributed by atoms with Gasteiger partial charge in [-0.1, -0.05) is 6.42 Å². The van der Waals surface area contributed by atoms with Crippen LogP contribution in [-0.2, 0) is 27.8 Å². The number of fused-ring (bicyclic) bond motifs is 1. The Kier molecular flexibility index (Phi) is 4.60. The Bertz CT molecular complexity index is 976. The van der Waals surface area contributed by atoms with Crippen molar-refractivity contribution in [3.8, 4) is 0 Å². The third-order valence-electron chi connectivity index (χ3n) is 5.50. The van der Waals surface area contributed by atoms with Crippen molar-refractivity contribution in [2.45, 2.75) is 57.0 Å². The van der Waals surface area contributed by atoms with Crippen LogP contribution in [0, 0.1) is 12.8 Å². The smallest absolute Gasteiger partial charge is 0.240 e. The molecule has 2 aromatic rings. The van der Waals surface area contributed by atoms with Crippen LogP contribution in [0.5, 0.6) is 0 Å². The number of amides is 1. The summed E-state index contributed by atoms with van der Waals surface area (Å²) in [4.78, 5) is 14.8. The Hall–Kier alpha value is -2.12. The van der Waals surface area contributed by atoms with Crippen LogP contribution in [0.2, 0.25) is 0 Å². The van der Waals surface area contributed by atoms with Crippen molar-refractivity contribution in [1.82, 2.24) is 4.72 Å². The molecule has 0 unspecified atom stereocenters. The number of hydrogen-bond acceptors (Lipinski definition) is 4. The van der Waals surface area contributed by atoms with Gasteiger partial charge in [0.2, 0.25) is 15.9 Å². The number of benzene rings is 1. The van der Waals surface area contributed by atoms with Crippen molar-refractivity contribution in [1.29, 1.82) is 0 Å². The molecule has 1 atom stereocenters. The van der Waals surface area contributed by atoms with Crippen LogP contribution in [0.1, 0.15) is 43.3 Å². The average Bonchev–Trinajstić information content (AvgIpc) is 3.12. The highest BCUT2D eigenvalue weighted by Gasteiger charge is 2.37. The quantitative estimate of drug-likeness (QED) is 0.853. The minimum Gasteiger partial charge on any atom is -0.465 e. The number of furan rings is 1. The maximum Gasteiger partial charge on any atom is 0.240 e. The lowest BCUT2D eigenvalue weighted by molar-refractivity contribution is -0.125. The number of nitrogens with one attached hydrogen (secondary N) is 1. The zero-order valence-electron chi connectivity index (χ0n) is 15.6. The number of nitrogens with zero attached hydrogens (tertiary/aromatic N) is 1. The fraction of sp³-hybridized carbons (Fsp3) is 0.450. The van der Waals surface area contributed by atoms with Crippen molar-refractivity contribution < 1.29 is 17.6 Å². The highest BCUT2D eigenvalue weighted by atomic mass is 32.2. The second-order valence-corrected chi connectivity index (χ2v) is 9.28. The van der Waals surface area contributed by atoms with Gasteiger partial charge in [-0.05, 0) is 69.0 Å². The molecule has 0 spiro atoms. The Morgan fingerprint density at radius 1 is 1.26 bits per heavy atom. The standard InChI is InChI=1S/C20H24N2O4S/c1-13-10-16-11-18(27(24,25)21-12-17-7-6-14(2)26-17)8-9-19(16)22(13)20(23)15-4-3-5-15/h6-9,11,13,15,21H,3-5,10,12H2,1-2H3/t13-/m0/s1. The Morgan fingerprint density at radius 3 is 2.67 bits per heavy atom. The summed E-state index contributed by atoms with van der Waals surface area (Å²) in [7, 11) is -3.65. The first kappa shape index (κ1) is 18.3. The minimum atomic E-state index is -3.65.